The van der Waals surface area contributed by atoms with E-state index in [1.807, 2.05) is 19.1 Å². The summed E-state index contributed by atoms with van der Waals surface area (Å²) in [6.07, 6.45) is -4.35. The first-order chi connectivity index (χ1) is 11.2. The molecule has 0 amide bonds. The Morgan fingerprint density at radius 2 is 1.62 bits per heavy atom. The quantitative estimate of drug-likeness (QED) is 0.743. The molecule has 1 heterocycles. The van der Waals surface area contributed by atoms with E-state index in [1.165, 1.54) is 12.1 Å². The highest BCUT2D eigenvalue weighted by Crippen LogP contribution is 2.39. The van der Waals surface area contributed by atoms with E-state index in [9.17, 15) is 13.2 Å². The van der Waals surface area contributed by atoms with Crippen LogP contribution in [0.15, 0.2) is 48.5 Å². The van der Waals surface area contributed by atoms with Gasteiger partial charge in [0.1, 0.15) is 0 Å². The molecule has 2 atom stereocenters. The fourth-order valence-electron chi connectivity index (χ4n) is 2.94. The zero-order valence-electron chi connectivity index (χ0n) is 12.6. The van der Waals surface area contributed by atoms with Crippen LogP contribution in [0.3, 0.4) is 0 Å². The summed E-state index contributed by atoms with van der Waals surface area (Å²) >= 11 is 11.2. The van der Waals surface area contributed by atoms with Crippen molar-refractivity contribution in [3.05, 3.63) is 70.2 Å². The van der Waals surface area contributed by atoms with Gasteiger partial charge >= 0.3 is 6.18 Å². The van der Waals surface area contributed by atoms with Crippen molar-refractivity contribution in [2.24, 2.45) is 0 Å². The van der Waals surface area contributed by atoms with Crippen LogP contribution in [0, 0.1) is 0 Å². The van der Waals surface area contributed by atoms with Gasteiger partial charge in [-0.1, -0.05) is 35.9 Å². The lowest BCUT2D eigenvalue weighted by molar-refractivity contribution is -0.137. The van der Waals surface area contributed by atoms with Gasteiger partial charge in [0.2, 0.25) is 0 Å². The molecule has 0 radical (unpaired) electrons. The lowest BCUT2D eigenvalue weighted by Crippen LogP contribution is -2.39. The summed E-state index contributed by atoms with van der Waals surface area (Å²) in [4.78, 5) is 0. The van der Waals surface area contributed by atoms with Crippen molar-refractivity contribution in [2.45, 2.75) is 24.7 Å². The highest BCUT2D eigenvalue weighted by molar-refractivity contribution is 7.80. The number of hydrogen-bond acceptors (Lipinski definition) is 1. The summed E-state index contributed by atoms with van der Waals surface area (Å²) in [5, 5.41) is 7.42. The maximum Gasteiger partial charge on any atom is 0.416 e. The third kappa shape index (κ3) is 3.08. The molecule has 0 aliphatic carbocycles. The van der Waals surface area contributed by atoms with Crippen molar-refractivity contribution < 1.29 is 13.2 Å². The average Bonchev–Trinajstić information content (AvgIpc) is 2.83. The van der Waals surface area contributed by atoms with Gasteiger partial charge in [-0.05, 0) is 54.5 Å². The van der Waals surface area contributed by atoms with E-state index in [4.69, 9.17) is 23.8 Å². The van der Waals surface area contributed by atoms with Gasteiger partial charge in [0, 0.05) is 5.02 Å². The number of alkyl halides is 3. The van der Waals surface area contributed by atoms with Gasteiger partial charge in [0.15, 0.2) is 5.11 Å². The van der Waals surface area contributed by atoms with E-state index in [1.54, 1.807) is 12.1 Å². The molecule has 0 spiro atoms. The lowest BCUT2D eigenvalue weighted by atomic mass is 9.82. The van der Waals surface area contributed by atoms with Gasteiger partial charge < -0.3 is 10.6 Å². The molecule has 1 fully saturated rings. The van der Waals surface area contributed by atoms with Crippen LogP contribution < -0.4 is 10.6 Å². The Bertz CT molecular complexity index is 759. The van der Waals surface area contributed by atoms with Crippen molar-refractivity contribution in [3.63, 3.8) is 0 Å². The number of rotatable bonds is 2. The molecule has 2 aromatic carbocycles. The van der Waals surface area contributed by atoms with Crippen molar-refractivity contribution in [3.8, 4) is 0 Å². The Balaban J connectivity index is 1.99. The predicted molar refractivity (Wildman–Crippen MR) is 91.9 cm³/mol. The minimum atomic E-state index is -4.35. The van der Waals surface area contributed by atoms with Crippen LogP contribution in [0.25, 0.3) is 0 Å². The molecule has 2 aromatic rings. The molecule has 0 unspecified atom stereocenters. The molecule has 24 heavy (non-hydrogen) atoms. The fraction of sp³-hybridized carbons (Fsp3) is 0.235. The summed E-state index contributed by atoms with van der Waals surface area (Å²) in [7, 11) is 0. The normalized spacial score (nSPS) is 23.7. The Labute approximate surface area is 148 Å². The molecule has 1 aliphatic heterocycles. The molecule has 126 valence electrons. The molecular formula is C17H14ClF3N2S. The summed E-state index contributed by atoms with van der Waals surface area (Å²) in [5.74, 6) is 0. The van der Waals surface area contributed by atoms with E-state index in [2.05, 4.69) is 10.6 Å². The van der Waals surface area contributed by atoms with Crippen LogP contribution in [-0.2, 0) is 11.7 Å². The smallest absolute Gasteiger partial charge is 0.353 e. The Morgan fingerprint density at radius 3 is 2.17 bits per heavy atom. The van der Waals surface area contributed by atoms with Crippen LogP contribution in [0.2, 0.25) is 5.02 Å². The van der Waals surface area contributed by atoms with Gasteiger partial charge in [-0.25, -0.2) is 0 Å². The van der Waals surface area contributed by atoms with Crippen LogP contribution in [0.1, 0.15) is 29.7 Å². The maximum atomic E-state index is 12.8. The zero-order chi connectivity index (χ0) is 17.5. The largest absolute Gasteiger partial charge is 0.416 e. The molecular weight excluding hydrogens is 357 g/mol. The number of nitrogens with one attached hydrogen (secondary N) is 2. The molecule has 0 saturated carbocycles. The van der Waals surface area contributed by atoms with Crippen LogP contribution in [-0.4, -0.2) is 5.11 Å². The second-order valence-electron chi connectivity index (χ2n) is 5.86. The molecule has 7 heteroatoms. The van der Waals surface area contributed by atoms with E-state index in [0.29, 0.717) is 15.7 Å². The van der Waals surface area contributed by atoms with Crippen molar-refractivity contribution in [2.75, 3.05) is 0 Å². The Hall–Kier alpha value is -1.79. The Morgan fingerprint density at radius 1 is 1.04 bits per heavy atom. The first-order valence-electron chi connectivity index (χ1n) is 7.22. The molecule has 0 aromatic heterocycles. The predicted octanol–water partition coefficient (Wildman–Crippen LogP) is 4.79. The van der Waals surface area contributed by atoms with Gasteiger partial charge in [-0.3, -0.25) is 0 Å². The number of thiocarbonyl (C=S) groups is 1. The molecule has 2 nitrogen and oxygen atoms in total. The average molecular weight is 371 g/mol. The molecule has 0 bridgehead atoms. The van der Waals surface area contributed by atoms with Crippen molar-refractivity contribution >= 4 is 28.9 Å². The van der Waals surface area contributed by atoms with Crippen LogP contribution in [0.4, 0.5) is 13.2 Å². The second-order valence-corrected chi connectivity index (χ2v) is 6.71. The standard InChI is InChI=1S/C17H14ClF3N2S/c1-16(11-6-8-13(18)9-7-11)14(22-15(24)23-16)10-2-4-12(5-3-10)17(19,20)21/h2-9,14H,1H3,(H2,22,23,24)/t14-,16-/m0/s1. The number of halogens is 4. The topological polar surface area (TPSA) is 24.1 Å². The van der Waals surface area contributed by atoms with E-state index < -0.39 is 17.3 Å². The minimum Gasteiger partial charge on any atom is -0.353 e. The lowest BCUT2D eigenvalue weighted by Gasteiger charge is -2.31. The van der Waals surface area contributed by atoms with Crippen molar-refractivity contribution in [1.29, 1.82) is 0 Å². The van der Waals surface area contributed by atoms with E-state index >= 15 is 0 Å². The third-order valence-corrected chi connectivity index (χ3v) is 4.71. The third-order valence-electron chi connectivity index (χ3n) is 4.24. The van der Waals surface area contributed by atoms with E-state index in [-0.39, 0.29) is 6.04 Å². The second kappa shape index (κ2) is 5.93. The number of hydrogen-bond donors (Lipinski definition) is 2. The molecule has 3 rings (SSSR count). The van der Waals surface area contributed by atoms with Gasteiger partial charge in [0.05, 0.1) is 17.1 Å². The summed E-state index contributed by atoms with van der Waals surface area (Å²) < 4.78 is 38.3. The Kier molecular flexibility index (Phi) is 4.21. The van der Waals surface area contributed by atoms with Crippen LogP contribution in [0.5, 0.6) is 0 Å². The zero-order valence-corrected chi connectivity index (χ0v) is 14.2. The fourth-order valence-corrected chi connectivity index (χ4v) is 3.39. The first kappa shape index (κ1) is 17.0. The molecule has 2 N–H and O–H groups in total. The van der Waals surface area contributed by atoms with Crippen LogP contribution >= 0.6 is 23.8 Å². The van der Waals surface area contributed by atoms with Crippen molar-refractivity contribution in [1.82, 2.24) is 10.6 Å². The van der Waals surface area contributed by atoms with Gasteiger partial charge in [-0.2, -0.15) is 13.2 Å². The van der Waals surface area contributed by atoms with Gasteiger partial charge in [0.25, 0.3) is 0 Å². The highest BCUT2D eigenvalue weighted by Gasteiger charge is 2.43. The van der Waals surface area contributed by atoms with Gasteiger partial charge in [-0.15, -0.1) is 0 Å². The maximum absolute atomic E-state index is 12.8. The molecule has 1 aliphatic rings. The summed E-state index contributed by atoms with van der Waals surface area (Å²) in [5.41, 5.74) is 0.381. The monoisotopic (exact) mass is 370 g/mol. The SMILES string of the molecule is C[C@@]1(c2ccc(Cl)cc2)NC(=S)N[C@H]1c1ccc(C(F)(F)F)cc1. The summed E-state index contributed by atoms with van der Waals surface area (Å²) in [6.45, 7) is 1.95. The molecule has 1 saturated heterocycles. The first-order valence-corrected chi connectivity index (χ1v) is 8.01. The minimum absolute atomic E-state index is 0.298. The van der Waals surface area contributed by atoms with E-state index in [0.717, 1.165) is 17.7 Å². The highest BCUT2D eigenvalue weighted by atomic mass is 35.5. The summed E-state index contributed by atoms with van der Waals surface area (Å²) in [6, 6.07) is 12.1. The number of benzene rings is 2.